The molecule has 2 saturated heterocycles. The predicted molar refractivity (Wildman–Crippen MR) is 99.2 cm³/mol. The zero-order chi connectivity index (χ0) is 18.0. The lowest BCUT2D eigenvalue weighted by atomic mass is 9.70. The van der Waals surface area contributed by atoms with Gasteiger partial charge in [0.25, 0.3) is 0 Å². The zero-order valence-corrected chi connectivity index (χ0v) is 15.4. The maximum Gasteiger partial charge on any atom is 0.225 e. The van der Waals surface area contributed by atoms with E-state index in [1.54, 1.807) is 12.4 Å². The van der Waals surface area contributed by atoms with E-state index in [0.717, 1.165) is 58.0 Å². The second-order valence-corrected chi connectivity index (χ2v) is 7.11. The van der Waals surface area contributed by atoms with Crippen LogP contribution in [0.5, 0.6) is 0 Å². The number of hydrogen-bond donors (Lipinski definition) is 1. The van der Waals surface area contributed by atoms with Crippen LogP contribution in [0.2, 0.25) is 0 Å². The van der Waals surface area contributed by atoms with Crippen LogP contribution >= 0.6 is 0 Å². The summed E-state index contributed by atoms with van der Waals surface area (Å²) in [6.07, 6.45) is 6.69. The van der Waals surface area contributed by atoms with E-state index >= 15 is 0 Å². The first kappa shape index (κ1) is 17.5. The lowest BCUT2D eigenvalue weighted by Gasteiger charge is -2.50. The molecule has 4 rings (SSSR count). The average Bonchev–Trinajstić information content (AvgIpc) is 3.21. The third kappa shape index (κ3) is 3.12. The van der Waals surface area contributed by atoms with Crippen molar-refractivity contribution in [3.63, 3.8) is 0 Å². The second-order valence-electron chi connectivity index (χ2n) is 7.11. The predicted octanol–water partition coefficient (Wildman–Crippen LogP) is 0.640. The molecule has 3 fully saturated rings. The molecule has 1 aromatic rings. The van der Waals surface area contributed by atoms with Gasteiger partial charge in [0.1, 0.15) is 5.60 Å². The molecule has 3 unspecified atom stereocenters. The number of rotatable bonds is 4. The molecule has 8 heteroatoms. The van der Waals surface area contributed by atoms with E-state index in [-0.39, 0.29) is 17.7 Å². The van der Waals surface area contributed by atoms with Crippen molar-refractivity contribution in [2.45, 2.75) is 43.9 Å². The molecule has 1 aliphatic carbocycles. The van der Waals surface area contributed by atoms with Crippen LogP contribution in [0.3, 0.4) is 0 Å². The molecule has 0 bridgehead atoms. The number of piperazine rings is 1. The summed E-state index contributed by atoms with van der Waals surface area (Å²) in [4.78, 5) is 17.8. The van der Waals surface area contributed by atoms with Gasteiger partial charge >= 0.3 is 0 Å². The molecule has 0 aromatic carbocycles. The van der Waals surface area contributed by atoms with Gasteiger partial charge in [-0.15, -0.1) is 0 Å². The first-order valence-corrected chi connectivity index (χ1v) is 9.58. The second kappa shape index (κ2) is 7.36. The van der Waals surface area contributed by atoms with Crippen molar-refractivity contribution in [3.8, 4) is 0 Å². The summed E-state index contributed by atoms with van der Waals surface area (Å²) in [5.74, 6) is 1.40. The van der Waals surface area contributed by atoms with Gasteiger partial charge in [0.2, 0.25) is 5.95 Å². The van der Waals surface area contributed by atoms with Gasteiger partial charge in [-0.3, -0.25) is 0 Å². The minimum absolute atomic E-state index is 0.108. The minimum Gasteiger partial charge on any atom is -0.375 e. The smallest absolute Gasteiger partial charge is 0.225 e. The highest BCUT2D eigenvalue weighted by Crippen LogP contribution is 2.47. The largest absolute Gasteiger partial charge is 0.375 e. The summed E-state index contributed by atoms with van der Waals surface area (Å²) < 4.78 is 12.0. The van der Waals surface area contributed by atoms with E-state index in [1.807, 2.05) is 13.0 Å². The first-order valence-electron chi connectivity index (χ1n) is 9.58. The van der Waals surface area contributed by atoms with Gasteiger partial charge < -0.3 is 25.0 Å². The highest BCUT2D eigenvalue weighted by Gasteiger charge is 2.59. The Balaban J connectivity index is 1.37. The Bertz CT molecular complexity index is 626. The van der Waals surface area contributed by atoms with Crippen LogP contribution in [-0.2, 0) is 9.47 Å². The molecule has 26 heavy (non-hydrogen) atoms. The maximum atomic E-state index is 6.34. The molecule has 0 radical (unpaired) electrons. The Morgan fingerprint density at radius 1 is 1.35 bits per heavy atom. The van der Waals surface area contributed by atoms with E-state index < -0.39 is 0 Å². The topological polar surface area (TPSA) is 89.1 Å². The number of aromatic nitrogens is 2. The molecule has 0 amide bonds. The normalized spacial score (nSPS) is 32.1. The van der Waals surface area contributed by atoms with Crippen LogP contribution in [0.15, 0.2) is 23.5 Å². The van der Waals surface area contributed by atoms with Gasteiger partial charge in [0, 0.05) is 58.2 Å². The van der Waals surface area contributed by atoms with E-state index in [9.17, 15) is 0 Å². The Morgan fingerprint density at radius 2 is 2.12 bits per heavy atom. The summed E-state index contributed by atoms with van der Waals surface area (Å²) >= 11 is 0. The Kier molecular flexibility index (Phi) is 4.95. The summed E-state index contributed by atoms with van der Waals surface area (Å²) in [5, 5.41) is 0. The summed E-state index contributed by atoms with van der Waals surface area (Å²) in [6, 6.07) is 1.94. The molecule has 2 aliphatic heterocycles. The van der Waals surface area contributed by atoms with Gasteiger partial charge in [-0.2, -0.15) is 0 Å². The molecule has 3 heterocycles. The van der Waals surface area contributed by atoms with Gasteiger partial charge in [0.15, 0.2) is 5.96 Å². The van der Waals surface area contributed by atoms with E-state index in [0.29, 0.717) is 12.6 Å². The Hall–Kier alpha value is -1.93. The van der Waals surface area contributed by atoms with E-state index in [1.165, 1.54) is 0 Å². The number of ether oxygens (including phenoxy) is 2. The zero-order valence-electron chi connectivity index (χ0n) is 15.4. The average molecular weight is 360 g/mol. The third-order valence-corrected chi connectivity index (χ3v) is 5.72. The molecule has 3 atom stereocenters. The fourth-order valence-electron chi connectivity index (χ4n) is 4.26. The lowest BCUT2D eigenvalue weighted by molar-refractivity contribution is -0.189. The number of anilines is 1. The van der Waals surface area contributed by atoms with Crippen molar-refractivity contribution >= 4 is 11.9 Å². The monoisotopic (exact) mass is 360 g/mol. The molecule has 1 saturated carbocycles. The fourth-order valence-corrected chi connectivity index (χ4v) is 4.26. The van der Waals surface area contributed by atoms with Gasteiger partial charge in [0.05, 0.1) is 12.1 Å². The van der Waals surface area contributed by atoms with Crippen molar-refractivity contribution in [3.05, 3.63) is 18.5 Å². The van der Waals surface area contributed by atoms with Gasteiger partial charge in [-0.25, -0.2) is 15.0 Å². The standard InChI is InChI=1S/C18H28N6O2/c1-2-25-15-13-14(18(15)5-3-12-26-18)22-16(19)23-8-10-24(11-9-23)17-20-6-4-7-21-17/h4,6-7,14-15H,2-3,5,8-13H2,1H3,(H2,19,22). The molecule has 8 nitrogen and oxygen atoms in total. The van der Waals surface area contributed by atoms with Gasteiger partial charge in [-0.1, -0.05) is 0 Å². The minimum atomic E-state index is -0.250. The fraction of sp³-hybridized carbons (Fsp3) is 0.722. The SMILES string of the molecule is CCOC1CC(N=C(N)N2CCN(c3ncccn3)CC2)C12CCCO2. The molecule has 1 spiro atoms. The third-order valence-electron chi connectivity index (χ3n) is 5.72. The number of hydrogen-bond acceptors (Lipinski definition) is 6. The molecular weight excluding hydrogens is 332 g/mol. The summed E-state index contributed by atoms with van der Waals surface area (Å²) in [6.45, 7) is 6.87. The first-order chi connectivity index (χ1) is 12.7. The molecule has 142 valence electrons. The van der Waals surface area contributed by atoms with Crippen LogP contribution in [0, 0.1) is 0 Å². The van der Waals surface area contributed by atoms with Crippen LogP contribution in [0.1, 0.15) is 26.2 Å². The molecular formula is C18H28N6O2. The van der Waals surface area contributed by atoms with Crippen molar-refractivity contribution in [2.24, 2.45) is 10.7 Å². The van der Waals surface area contributed by atoms with Crippen molar-refractivity contribution < 1.29 is 9.47 Å². The summed E-state index contributed by atoms with van der Waals surface area (Å²) in [7, 11) is 0. The maximum absolute atomic E-state index is 6.34. The van der Waals surface area contributed by atoms with Crippen molar-refractivity contribution in [1.29, 1.82) is 0 Å². The highest BCUT2D eigenvalue weighted by atomic mass is 16.6. The van der Waals surface area contributed by atoms with Crippen LogP contribution in [0.4, 0.5) is 5.95 Å². The number of nitrogens with zero attached hydrogens (tertiary/aromatic N) is 5. The van der Waals surface area contributed by atoms with Gasteiger partial charge in [-0.05, 0) is 25.8 Å². The molecule has 2 N–H and O–H groups in total. The lowest BCUT2D eigenvalue weighted by Crippen LogP contribution is -2.64. The van der Waals surface area contributed by atoms with E-state index in [2.05, 4.69) is 19.8 Å². The van der Waals surface area contributed by atoms with Crippen LogP contribution < -0.4 is 10.6 Å². The van der Waals surface area contributed by atoms with Crippen molar-refractivity contribution in [1.82, 2.24) is 14.9 Å². The summed E-state index contributed by atoms with van der Waals surface area (Å²) in [5.41, 5.74) is 6.09. The Morgan fingerprint density at radius 3 is 2.77 bits per heavy atom. The number of aliphatic imine (C=N–C) groups is 1. The molecule has 3 aliphatic rings. The highest BCUT2D eigenvalue weighted by molar-refractivity contribution is 5.78. The van der Waals surface area contributed by atoms with Crippen LogP contribution in [0.25, 0.3) is 0 Å². The number of nitrogens with two attached hydrogens (primary N) is 1. The Labute approximate surface area is 154 Å². The van der Waals surface area contributed by atoms with Crippen molar-refractivity contribution in [2.75, 3.05) is 44.3 Å². The van der Waals surface area contributed by atoms with Crippen LogP contribution in [-0.4, -0.2) is 78.0 Å². The van der Waals surface area contributed by atoms with E-state index in [4.69, 9.17) is 20.2 Å². The molecule has 1 aromatic heterocycles. The quantitative estimate of drug-likeness (QED) is 0.622. The number of guanidine groups is 1.